The van der Waals surface area contributed by atoms with Gasteiger partial charge in [-0.2, -0.15) is 26.0 Å². The number of hydrogen-bond donors (Lipinski definition) is 0. The third-order valence-corrected chi connectivity index (χ3v) is 4.45. The Kier molecular flexibility index (Phi) is 4.06. The number of hydrogen-bond acceptors (Lipinski definition) is 2. The molecule has 2 saturated carbocycles. The summed E-state index contributed by atoms with van der Waals surface area (Å²) in [6.45, 7) is 6.26. The first-order valence-corrected chi connectivity index (χ1v) is 6.64. The maximum Gasteiger partial charge on any atom is 0.378 e. The Labute approximate surface area is 111 Å². The van der Waals surface area contributed by atoms with Gasteiger partial charge in [0.05, 0.1) is 0 Å². The summed E-state index contributed by atoms with van der Waals surface area (Å²) in [4.78, 5) is 12.3. The van der Waals surface area contributed by atoms with Crippen LogP contribution in [0.25, 0.3) is 0 Å². The molecule has 0 aromatic heterocycles. The van der Waals surface area contributed by atoms with Gasteiger partial charge in [-0.1, -0.05) is 19.3 Å². The van der Waals surface area contributed by atoms with Crippen molar-refractivity contribution in [2.45, 2.75) is 58.7 Å². The Morgan fingerprint density at radius 3 is 2.05 bits per heavy atom. The number of esters is 1. The molecule has 0 aromatic rings. The zero-order chi connectivity index (χ0) is 14.6. The largest absolute Gasteiger partial charge is 0.461 e. The molecule has 0 N–H and O–H groups in total. The second-order valence-electron chi connectivity index (χ2n) is 6.70. The number of rotatable bonds is 1. The van der Waals surface area contributed by atoms with Crippen molar-refractivity contribution in [3.8, 4) is 0 Å². The van der Waals surface area contributed by atoms with E-state index in [1.54, 1.807) is 20.8 Å². The van der Waals surface area contributed by atoms with E-state index >= 15 is 0 Å². The summed E-state index contributed by atoms with van der Waals surface area (Å²) in [7, 11) is 0. The predicted octanol–water partition coefficient (Wildman–Crippen LogP) is 3.90. The Balaban J connectivity index is 0.00000200. The van der Waals surface area contributed by atoms with E-state index in [1.807, 2.05) is 0 Å². The molecule has 0 saturated heterocycles. The number of fused-ring (bicyclic) bond motifs is 2. The molecule has 2 fully saturated rings. The minimum Gasteiger partial charge on any atom is -0.461 e. The maximum atomic E-state index is 13.6. The average molecular weight is 811 g/mol. The van der Waals surface area contributed by atoms with Crippen molar-refractivity contribution in [2.24, 2.45) is 17.3 Å². The van der Waals surface area contributed by atoms with Crippen molar-refractivity contribution < 1.29 is 22.7 Å². The number of alkyl halides is 3. The van der Waals surface area contributed by atoms with Crippen LogP contribution in [0.3, 0.4) is 0 Å². The van der Waals surface area contributed by atoms with Crippen molar-refractivity contribution in [2.75, 3.05) is 0 Å². The summed E-state index contributed by atoms with van der Waals surface area (Å²) in [5, 5.41) is 0. The third kappa shape index (κ3) is 2.25. The van der Waals surface area contributed by atoms with Crippen LogP contribution in [0.4, 0.5) is 13.2 Å². The third-order valence-electron chi connectivity index (χ3n) is 4.45. The minimum absolute atomic E-state index is 0. The number of halogens is 3. The SMILES string of the molecule is C[C-]1C2CCC(C2)C1(C(=O)OC(C)(C)C)C(F)(F)F.[Rf].[Rf]. The van der Waals surface area contributed by atoms with Gasteiger partial charge >= 0.3 is 6.18 Å². The second-order valence-corrected chi connectivity index (χ2v) is 6.70. The molecule has 0 radical (unpaired) electrons. The van der Waals surface area contributed by atoms with E-state index in [1.165, 1.54) is 6.92 Å². The summed E-state index contributed by atoms with van der Waals surface area (Å²) >= 11 is 0. The van der Waals surface area contributed by atoms with Crippen LogP contribution in [0.2, 0.25) is 0 Å². The maximum absolute atomic E-state index is 13.6. The van der Waals surface area contributed by atoms with Crippen LogP contribution in [0.15, 0.2) is 0 Å². The molecule has 2 rings (SSSR count). The molecule has 0 spiro atoms. The zero-order valence-electron chi connectivity index (χ0n) is 13.1. The molecule has 21 heavy (non-hydrogen) atoms. The van der Waals surface area contributed by atoms with E-state index < -0.39 is 29.1 Å². The fraction of sp³-hybridized carbons (Fsp3) is 0.857. The van der Waals surface area contributed by atoms with E-state index in [-0.39, 0.29) is 11.8 Å². The molecular weight excluding hydrogens is 791 g/mol. The van der Waals surface area contributed by atoms with Gasteiger partial charge in [0.25, 0.3) is 5.97 Å². The quantitative estimate of drug-likeness (QED) is 0.297. The van der Waals surface area contributed by atoms with Crippen LogP contribution < -0.4 is 0 Å². The molecular formula is C14H20F3O2Rf2-. The van der Waals surface area contributed by atoms with Crippen molar-refractivity contribution in [3.05, 3.63) is 5.92 Å². The average Bonchev–Trinajstić information content (AvgIpc) is 2.71. The van der Waals surface area contributed by atoms with Crippen LogP contribution in [-0.4, -0.2) is 17.7 Å². The summed E-state index contributed by atoms with van der Waals surface area (Å²) < 4.78 is 46.0. The van der Waals surface area contributed by atoms with E-state index in [0.717, 1.165) is 6.42 Å². The van der Waals surface area contributed by atoms with Gasteiger partial charge in [0.2, 0.25) is 0 Å². The van der Waals surface area contributed by atoms with Gasteiger partial charge in [-0.15, -0.1) is 0 Å². The fourth-order valence-electron chi connectivity index (χ4n) is 3.67. The van der Waals surface area contributed by atoms with Gasteiger partial charge in [0.15, 0.2) is 0 Å². The second kappa shape index (κ2) is 4.67. The molecule has 0 heterocycles. The number of carbonyl (C=O) groups is 1. The molecule has 2 bridgehead atoms. The molecule has 3 unspecified atom stereocenters. The van der Waals surface area contributed by atoms with Gasteiger partial charge in [-0.3, -0.25) is 10.7 Å². The van der Waals surface area contributed by atoms with Gasteiger partial charge in [-0.25, -0.2) is 0 Å². The van der Waals surface area contributed by atoms with Crippen molar-refractivity contribution in [1.29, 1.82) is 0 Å². The normalized spacial score (nSPS) is 32.3. The molecule has 3 atom stereocenters. The standard InChI is InChI=1S/C14H20F3O2.2Rf/c1-8-9-5-6-10(7-9)13(8,14(15,16)17)11(18)19-12(2,3)4;;/h9-10H,5-7H2,1-4H3;;/q-1;;. The molecule has 0 amide bonds. The molecule has 2 nitrogen and oxygen atoms in total. The van der Waals surface area contributed by atoms with Gasteiger partial charge < -0.3 is 4.74 Å². The molecule has 2 aliphatic carbocycles. The summed E-state index contributed by atoms with van der Waals surface area (Å²) in [5.74, 6) is -1.59. The summed E-state index contributed by atoms with van der Waals surface area (Å²) in [6.07, 6.45) is -2.89. The smallest absolute Gasteiger partial charge is 0.378 e. The van der Waals surface area contributed by atoms with Gasteiger partial charge in [0, 0.05) is 5.41 Å². The fourth-order valence-corrected chi connectivity index (χ4v) is 3.67. The van der Waals surface area contributed by atoms with Gasteiger partial charge in [-0.05, 0) is 26.7 Å². The first kappa shape index (κ1) is 18.3. The van der Waals surface area contributed by atoms with Crippen LogP contribution >= 0.6 is 0 Å². The van der Waals surface area contributed by atoms with E-state index in [0.29, 0.717) is 12.8 Å². The summed E-state index contributed by atoms with van der Waals surface area (Å²) in [5.41, 5.74) is -3.28. The Morgan fingerprint density at radius 1 is 1.19 bits per heavy atom. The van der Waals surface area contributed by atoms with Crippen LogP contribution in [0, 0.1) is 23.2 Å². The molecule has 0 aliphatic heterocycles. The van der Waals surface area contributed by atoms with E-state index in [2.05, 4.69) is 0 Å². The minimum atomic E-state index is -4.57. The first-order valence-electron chi connectivity index (χ1n) is 6.64. The molecule has 114 valence electrons. The number of ether oxygens (including phenoxy) is 1. The van der Waals surface area contributed by atoms with Crippen LogP contribution in [0.5, 0.6) is 0 Å². The molecule has 0 aromatic carbocycles. The van der Waals surface area contributed by atoms with Crippen molar-refractivity contribution >= 4 is 5.97 Å². The Morgan fingerprint density at radius 2 is 1.71 bits per heavy atom. The molecule has 2 aliphatic rings. The van der Waals surface area contributed by atoms with Crippen molar-refractivity contribution in [3.63, 3.8) is 0 Å². The Bertz CT molecular complexity index is 389. The Hall–Kier alpha value is -2.74. The zero-order valence-corrected chi connectivity index (χ0v) is 25.9. The predicted molar refractivity (Wildman–Crippen MR) is 64.1 cm³/mol. The summed E-state index contributed by atoms with van der Waals surface area (Å²) in [6, 6.07) is 0. The molecule has 7 heteroatoms. The van der Waals surface area contributed by atoms with Crippen LogP contribution in [-0.2, 0) is 9.53 Å². The monoisotopic (exact) mass is 811 g/mol. The number of carbonyl (C=O) groups excluding carboxylic acids is 1. The van der Waals surface area contributed by atoms with Crippen molar-refractivity contribution in [1.82, 2.24) is 0 Å². The topological polar surface area (TPSA) is 26.3 Å². The van der Waals surface area contributed by atoms with Crippen LogP contribution in [0.1, 0.15) is 47.0 Å². The first-order chi connectivity index (χ1) is 8.50. The van der Waals surface area contributed by atoms with E-state index in [9.17, 15) is 18.0 Å². The van der Waals surface area contributed by atoms with E-state index in [4.69, 9.17) is 4.74 Å². The van der Waals surface area contributed by atoms with Gasteiger partial charge in [0.1, 0.15) is 5.60 Å².